The fraction of sp³-hybridized carbons (Fsp3) is 0.0270. The summed E-state index contributed by atoms with van der Waals surface area (Å²) in [7, 11) is 0. The van der Waals surface area contributed by atoms with Gasteiger partial charge < -0.3 is 9.15 Å². The fourth-order valence-corrected chi connectivity index (χ4v) is 8.52. The van der Waals surface area contributed by atoms with Gasteiger partial charge in [-0.25, -0.2) is 0 Å². The van der Waals surface area contributed by atoms with Crippen molar-refractivity contribution in [2.45, 2.75) is 5.66 Å². The van der Waals surface area contributed by atoms with Crippen molar-refractivity contribution < 1.29 is 18.4 Å². The van der Waals surface area contributed by atoms with Crippen molar-refractivity contribution in [1.29, 1.82) is 0 Å². The molecule has 5 heteroatoms. The smallest absolute Gasteiger partial charge is 0.447 e. The van der Waals surface area contributed by atoms with E-state index in [0.29, 0.717) is 0 Å². The Bertz CT molecular complexity index is 2790. The molecule has 0 N–H and O–H groups in total. The molecule has 0 amide bonds. The Balaban J connectivity index is 1.42. The number of pyridine rings is 2. The molecule has 0 aliphatic carbocycles. The SMILES string of the molecule is c1cc2c3c(c1)-c1cccc[n+]1C31c3c(ccc4c5cc6c(cc5c5c7ccccc7[n+]1n5c34)oc1ccccc16)O2. The zero-order valence-electron chi connectivity index (χ0n) is 22.1. The molecular formula is C37H19N3O2+2. The van der Waals surface area contributed by atoms with Gasteiger partial charge in [0.25, 0.3) is 0 Å². The van der Waals surface area contributed by atoms with Crippen LogP contribution in [0.4, 0.5) is 0 Å². The normalized spacial score (nSPS) is 17.3. The maximum absolute atomic E-state index is 6.77. The molecule has 192 valence electrons. The molecule has 3 aliphatic rings. The van der Waals surface area contributed by atoms with Crippen LogP contribution in [-0.2, 0) is 5.66 Å². The molecule has 0 fully saturated rings. The highest BCUT2D eigenvalue weighted by molar-refractivity contribution is 6.23. The molecule has 7 heterocycles. The van der Waals surface area contributed by atoms with Crippen molar-refractivity contribution in [3.05, 3.63) is 127 Å². The number of hydrogen-bond donors (Lipinski definition) is 0. The second-order valence-corrected chi connectivity index (χ2v) is 11.7. The topological polar surface area (TPSA) is 34.5 Å². The lowest BCUT2D eigenvalue weighted by Crippen LogP contribution is -2.73. The Labute approximate surface area is 237 Å². The summed E-state index contributed by atoms with van der Waals surface area (Å²) in [6.45, 7) is 0. The summed E-state index contributed by atoms with van der Waals surface area (Å²) in [4.78, 5) is 0. The fourth-order valence-electron chi connectivity index (χ4n) is 8.52. The van der Waals surface area contributed by atoms with Crippen LogP contribution >= 0.6 is 0 Å². The van der Waals surface area contributed by atoms with E-state index in [1.54, 1.807) is 0 Å². The number of aromatic nitrogens is 3. The van der Waals surface area contributed by atoms with Crippen LogP contribution in [0.15, 0.2) is 120 Å². The predicted octanol–water partition coefficient (Wildman–Crippen LogP) is 7.57. The largest absolute Gasteiger partial charge is 0.456 e. The van der Waals surface area contributed by atoms with E-state index < -0.39 is 5.66 Å². The molecule has 0 radical (unpaired) electrons. The number of hydrogen-bond acceptors (Lipinski definition) is 2. The van der Waals surface area contributed by atoms with Crippen LogP contribution in [0.25, 0.3) is 71.3 Å². The highest BCUT2D eigenvalue weighted by Crippen LogP contribution is 2.57. The van der Waals surface area contributed by atoms with Gasteiger partial charge in [0.1, 0.15) is 33.7 Å². The van der Waals surface area contributed by atoms with Crippen molar-refractivity contribution in [2.75, 3.05) is 0 Å². The lowest BCUT2D eigenvalue weighted by atomic mass is 9.85. The van der Waals surface area contributed by atoms with Gasteiger partial charge in [0.2, 0.25) is 11.2 Å². The van der Waals surface area contributed by atoms with E-state index in [0.717, 1.165) is 33.4 Å². The van der Waals surface area contributed by atoms with E-state index in [-0.39, 0.29) is 0 Å². The van der Waals surface area contributed by atoms with Crippen molar-refractivity contribution in [2.24, 2.45) is 0 Å². The molecule has 0 saturated heterocycles. The molecule has 4 aromatic heterocycles. The summed E-state index contributed by atoms with van der Waals surface area (Å²) >= 11 is 0. The quantitative estimate of drug-likeness (QED) is 0.148. The van der Waals surface area contributed by atoms with E-state index in [4.69, 9.17) is 9.15 Å². The van der Waals surface area contributed by atoms with Crippen molar-refractivity contribution in [1.82, 2.24) is 4.52 Å². The lowest BCUT2D eigenvalue weighted by molar-refractivity contribution is -0.975. The summed E-state index contributed by atoms with van der Waals surface area (Å²) in [6.07, 6.45) is 2.24. The average molecular weight is 538 g/mol. The van der Waals surface area contributed by atoms with Gasteiger partial charge in [0, 0.05) is 39.7 Å². The molecule has 9 aromatic rings. The van der Waals surface area contributed by atoms with Crippen molar-refractivity contribution in [3.8, 4) is 22.8 Å². The molecule has 5 nitrogen and oxygen atoms in total. The van der Waals surface area contributed by atoms with Crippen LogP contribution in [-0.4, -0.2) is 4.52 Å². The molecule has 1 unspecified atom stereocenters. The number of nitrogens with zero attached hydrogens (tertiary/aromatic N) is 3. The molecular weight excluding hydrogens is 518 g/mol. The van der Waals surface area contributed by atoms with Crippen molar-refractivity contribution in [3.63, 3.8) is 0 Å². The number of rotatable bonds is 0. The van der Waals surface area contributed by atoms with Gasteiger partial charge in [-0.3, -0.25) is 0 Å². The second-order valence-electron chi connectivity index (χ2n) is 11.7. The third-order valence-corrected chi connectivity index (χ3v) is 9.95. The van der Waals surface area contributed by atoms with Gasteiger partial charge >= 0.3 is 5.66 Å². The van der Waals surface area contributed by atoms with Crippen LogP contribution < -0.4 is 14.0 Å². The van der Waals surface area contributed by atoms with E-state index in [9.17, 15) is 0 Å². The van der Waals surface area contributed by atoms with Gasteiger partial charge in [-0.1, -0.05) is 36.4 Å². The van der Waals surface area contributed by atoms with E-state index >= 15 is 0 Å². The molecule has 12 rings (SSSR count). The molecule has 1 spiro atoms. The summed E-state index contributed by atoms with van der Waals surface area (Å²) < 4.78 is 20.7. The number of para-hydroxylation sites is 2. The first-order chi connectivity index (χ1) is 20.8. The van der Waals surface area contributed by atoms with Crippen LogP contribution in [0, 0.1) is 0 Å². The number of ether oxygens (including phenoxy) is 1. The zero-order valence-corrected chi connectivity index (χ0v) is 22.1. The summed E-state index contributed by atoms with van der Waals surface area (Å²) in [5.41, 5.74) is 9.58. The molecule has 0 bridgehead atoms. The molecule has 42 heavy (non-hydrogen) atoms. The minimum atomic E-state index is -0.618. The van der Waals surface area contributed by atoms with Gasteiger partial charge in [0.15, 0.2) is 17.3 Å². The van der Waals surface area contributed by atoms with Gasteiger partial charge in [-0.05, 0) is 64.7 Å². The number of benzene rings is 5. The molecule has 3 aliphatic heterocycles. The Morgan fingerprint density at radius 2 is 1.43 bits per heavy atom. The molecule has 1 atom stereocenters. The number of furan rings is 1. The van der Waals surface area contributed by atoms with Crippen LogP contribution in [0.5, 0.6) is 11.5 Å². The lowest BCUT2D eigenvalue weighted by Gasteiger charge is -2.24. The zero-order chi connectivity index (χ0) is 26.9. The summed E-state index contributed by atoms with van der Waals surface area (Å²) in [6, 6.07) is 39.2. The third-order valence-electron chi connectivity index (χ3n) is 9.95. The maximum Gasteiger partial charge on any atom is 0.447 e. The Morgan fingerprint density at radius 3 is 2.40 bits per heavy atom. The first kappa shape index (κ1) is 20.2. The highest BCUT2D eigenvalue weighted by atomic mass is 16.5. The first-order valence-electron chi connectivity index (χ1n) is 14.4. The molecule has 0 saturated carbocycles. The van der Waals surface area contributed by atoms with Crippen LogP contribution in [0.2, 0.25) is 0 Å². The number of fused-ring (bicyclic) bond motifs is 11. The second kappa shape index (κ2) is 6.29. The minimum Gasteiger partial charge on any atom is -0.456 e. The first-order valence-corrected chi connectivity index (χ1v) is 14.4. The molecule has 5 aromatic carbocycles. The standard InChI is InChI=1S/C37H19N3O2/c1-3-12-28-23(9-1)35-26-19-32-25(20-8-2-4-13-29(20)41-32)18-24(26)21-15-16-31-34-36(21)39(35)40(28)37(34)33-22(10-7-14-30(33)42-31)27-11-5-6-17-38(27)37/h1-19H/q+2. The average Bonchev–Trinajstić information content (AvgIpc) is 3.75. The van der Waals surface area contributed by atoms with Gasteiger partial charge in [-0.15, -0.1) is 9.08 Å². The Morgan fingerprint density at radius 1 is 0.571 bits per heavy atom. The van der Waals surface area contributed by atoms with Crippen molar-refractivity contribution >= 4 is 60.0 Å². The van der Waals surface area contributed by atoms with Gasteiger partial charge in [0.05, 0.1) is 10.9 Å². The Hall–Kier alpha value is -5.68. The monoisotopic (exact) mass is 537 g/mol. The summed E-state index contributed by atoms with van der Waals surface area (Å²) in [5.74, 6) is 1.82. The van der Waals surface area contributed by atoms with E-state index in [2.05, 4.69) is 123 Å². The predicted molar refractivity (Wildman–Crippen MR) is 161 cm³/mol. The van der Waals surface area contributed by atoms with E-state index in [1.807, 2.05) is 6.07 Å². The van der Waals surface area contributed by atoms with E-state index in [1.165, 1.54) is 60.5 Å². The third kappa shape index (κ3) is 1.88. The highest BCUT2D eigenvalue weighted by Gasteiger charge is 2.72. The Kier molecular flexibility index (Phi) is 3.03. The summed E-state index contributed by atoms with van der Waals surface area (Å²) in [5, 5.41) is 7.13. The van der Waals surface area contributed by atoms with Gasteiger partial charge in [-0.2, -0.15) is 0 Å². The van der Waals surface area contributed by atoms with Crippen LogP contribution in [0.1, 0.15) is 11.1 Å². The van der Waals surface area contributed by atoms with Crippen LogP contribution in [0.3, 0.4) is 0 Å². The maximum atomic E-state index is 6.77. The minimum absolute atomic E-state index is 0.618.